The van der Waals surface area contributed by atoms with Crippen LogP contribution in [0.4, 0.5) is 65.9 Å². The molecular formula is C8ClF15O. The van der Waals surface area contributed by atoms with Gasteiger partial charge in [-0.25, -0.2) is 0 Å². The highest BCUT2D eigenvalue weighted by Gasteiger charge is 2.91. The lowest BCUT2D eigenvalue weighted by Gasteiger charge is -2.39. The summed E-state index contributed by atoms with van der Waals surface area (Å²) in [7, 11) is 0. The first-order valence-corrected chi connectivity index (χ1v) is 5.36. The molecule has 0 aliphatic rings. The van der Waals surface area contributed by atoms with Crippen LogP contribution in [0.5, 0.6) is 0 Å². The Kier molecular flexibility index (Phi) is 5.46. The van der Waals surface area contributed by atoms with E-state index < -0.39 is 47.0 Å². The van der Waals surface area contributed by atoms with Gasteiger partial charge in [-0.3, -0.25) is 4.79 Å². The maximum atomic E-state index is 12.9. The van der Waals surface area contributed by atoms with Crippen molar-refractivity contribution in [1.29, 1.82) is 0 Å². The van der Waals surface area contributed by atoms with E-state index in [1.54, 1.807) is 0 Å². The Morgan fingerprint density at radius 1 is 0.520 bits per heavy atom. The first-order valence-electron chi connectivity index (χ1n) is 4.98. The third-order valence-electron chi connectivity index (χ3n) is 2.48. The van der Waals surface area contributed by atoms with Gasteiger partial charge in [-0.15, -0.1) is 0 Å². The Morgan fingerprint density at radius 3 is 1.04 bits per heavy atom. The maximum Gasteiger partial charge on any atom is 0.456 e. The Balaban J connectivity index is 6.45. The molecular weight excluding hydrogens is 433 g/mol. The molecule has 0 spiro atoms. The van der Waals surface area contributed by atoms with Gasteiger partial charge in [-0.1, -0.05) is 0 Å². The van der Waals surface area contributed by atoms with Gasteiger partial charge in [0, 0.05) is 0 Å². The van der Waals surface area contributed by atoms with Crippen molar-refractivity contribution in [2.75, 3.05) is 0 Å². The zero-order chi connectivity index (χ0) is 21.1. The van der Waals surface area contributed by atoms with E-state index in [-0.39, 0.29) is 0 Å². The van der Waals surface area contributed by atoms with Gasteiger partial charge in [0.1, 0.15) is 0 Å². The molecule has 0 saturated carbocycles. The second-order valence-corrected chi connectivity index (χ2v) is 4.67. The quantitative estimate of drug-likeness (QED) is 0.420. The van der Waals surface area contributed by atoms with E-state index in [1.165, 1.54) is 0 Å². The highest BCUT2D eigenvalue weighted by molar-refractivity contribution is 6.22. The maximum absolute atomic E-state index is 12.9. The lowest BCUT2D eigenvalue weighted by Crippen LogP contribution is -2.71. The van der Waals surface area contributed by atoms with Crippen molar-refractivity contribution < 1.29 is 70.7 Å². The number of hydrogen-bond donors (Lipinski definition) is 0. The molecule has 150 valence electrons. The SMILES string of the molecule is O=C(C(F)(F)F)C(F)(F)C(F)(F)C(F)(F)C(F)(F)C(F)(F)C(F)(F)Cl. The van der Waals surface area contributed by atoms with E-state index in [9.17, 15) is 70.7 Å². The summed E-state index contributed by atoms with van der Waals surface area (Å²) < 4.78 is 187. The molecule has 0 aromatic rings. The lowest BCUT2D eigenvalue weighted by atomic mass is 9.92. The van der Waals surface area contributed by atoms with Gasteiger partial charge in [0.05, 0.1) is 0 Å². The molecule has 0 radical (unpaired) electrons. The van der Waals surface area contributed by atoms with Crippen LogP contribution in [0.15, 0.2) is 0 Å². The molecule has 17 heteroatoms. The van der Waals surface area contributed by atoms with Gasteiger partial charge >= 0.3 is 47.0 Å². The first-order chi connectivity index (χ1) is 10.4. The zero-order valence-corrected chi connectivity index (χ0v) is 11.2. The van der Waals surface area contributed by atoms with Crippen molar-refractivity contribution in [3.63, 3.8) is 0 Å². The van der Waals surface area contributed by atoms with Crippen LogP contribution in [0.25, 0.3) is 0 Å². The number of ketones is 1. The summed E-state index contributed by atoms with van der Waals surface area (Å²) in [4.78, 5) is 10.1. The molecule has 0 aliphatic heterocycles. The molecule has 0 aromatic carbocycles. The molecule has 0 saturated heterocycles. The van der Waals surface area contributed by atoms with E-state index in [4.69, 9.17) is 0 Å². The van der Waals surface area contributed by atoms with Crippen molar-refractivity contribution in [2.24, 2.45) is 0 Å². The number of alkyl halides is 16. The molecule has 1 nitrogen and oxygen atoms in total. The third kappa shape index (κ3) is 3.20. The van der Waals surface area contributed by atoms with Crippen LogP contribution in [-0.4, -0.2) is 47.0 Å². The predicted octanol–water partition coefficient (Wildman–Crippen LogP) is 5.13. The number of carbonyl (C=O) groups is 1. The lowest BCUT2D eigenvalue weighted by molar-refractivity contribution is -0.412. The van der Waals surface area contributed by atoms with Crippen LogP contribution in [0.3, 0.4) is 0 Å². The highest BCUT2D eigenvalue weighted by atomic mass is 35.5. The van der Waals surface area contributed by atoms with Crippen LogP contribution in [0.1, 0.15) is 0 Å². The summed E-state index contributed by atoms with van der Waals surface area (Å²) in [5.41, 5.74) is 0. The fourth-order valence-electron chi connectivity index (χ4n) is 1.09. The second-order valence-electron chi connectivity index (χ2n) is 4.20. The molecule has 0 unspecified atom stereocenters. The second kappa shape index (κ2) is 5.70. The monoisotopic (exact) mass is 432 g/mol. The number of rotatable bonds is 6. The summed E-state index contributed by atoms with van der Waals surface area (Å²) in [5.74, 6) is -45.0. The van der Waals surface area contributed by atoms with Gasteiger partial charge in [0.15, 0.2) is 0 Å². The Bertz CT molecular complexity index is 527. The molecule has 0 N–H and O–H groups in total. The minimum atomic E-state index is -8.29. The molecule has 0 bridgehead atoms. The van der Waals surface area contributed by atoms with Gasteiger partial charge in [-0.05, 0) is 11.6 Å². The van der Waals surface area contributed by atoms with Gasteiger partial charge in [-0.2, -0.15) is 65.9 Å². The average molecular weight is 433 g/mol. The van der Waals surface area contributed by atoms with Crippen molar-refractivity contribution >= 4 is 17.4 Å². The van der Waals surface area contributed by atoms with E-state index in [1.807, 2.05) is 0 Å². The van der Waals surface area contributed by atoms with Crippen LogP contribution >= 0.6 is 11.6 Å². The van der Waals surface area contributed by atoms with Gasteiger partial charge in [0.2, 0.25) is 0 Å². The summed E-state index contributed by atoms with van der Waals surface area (Å²) in [6, 6.07) is 0. The average Bonchev–Trinajstić information content (AvgIpc) is 2.34. The van der Waals surface area contributed by atoms with Crippen molar-refractivity contribution in [2.45, 2.75) is 41.2 Å². The number of carbonyl (C=O) groups excluding carboxylic acids is 1. The fraction of sp³-hybridized carbons (Fsp3) is 0.875. The summed E-state index contributed by atoms with van der Waals surface area (Å²) >= 11 is 3.34. The number of hydrogen-bond acceptors (Lipinski definition) is 1. The molecule has 0 fully saturated rings. The molecule has 0 amide bonds. The zero-order valence-electron chi connectivity index (χ0n) is 10.5. The standard InChI is InChI=1S/C8ClF15O/c9-8(23,24)7(21,22)6(19,20)5(17,18)4(15,16)2(10,11)1(25)3(12,13)14. The van der Waals surface area contributed by atoms with Crippen LogP contribution in [0.2, 0.25) is 0 Å². The summed E-state index contributed by atoms with van der Waals surface area (Å²) in [5, 5.41) is -6.72. The molecule has 25 heavy (non-hydrogen) atoms. The predicted molar refractivity (Wildman–Crippen MR) is 46.6 cm³/mol. The van der Waals surface area contributed by atoms with E-state index in [0.29, 0.717) is 0 Å². The van der Waals surface area contributed by atoms with Crippen LogP contribution < -0.4 is 0 Å². The molecule has 0 aliphatic carbocycles. The van der Waals surface area contributed by atoms with Gasteiger partial charge < -0.3 is 0 Å². The van der Waals surface area contributed by atoms with Crippen molar-refractivity contribution in [1.82, 2.24) is 0 Å². The van der Waals surface area contributed by atoms with Crippen molar-refractivity contribution in [3.8, 4) is 0 Å². The molecule has 0 rings (SSSR count). The Morgan fingerprint density at radius 2 is 0.800 bits per heavy atom. The first kappa shape index (κ1) is 23.9. The minimum Gasteiger partial charge on any atom is -0.282 e. The Hall–Kier alpha value is -1.09. The highest BCUT2D eigenvalue weighted by Crippen LogP contribution is 2.61. The smallest absolute Gasteiger partial charge is 0.282 e. The largest absolute Gasteiger partial charge is 0.456 e. The topological polar surface area (TPSA) is 17.1 Å². The van der Waals surface area contributed by atoms with E-state index in [0.717, 1.165) is 0 Å². The minimum absolute atomic E-state index is 3.34. The summed E-state index contributed by atoms with van der Waals surface area (Å²) in [6.07, 6.45) is -7.00. The Labute approximate surface area is 130 Å². The number of halogens is 16. The normalized spacial score (nSPS) is 16.2. The molecule has 0 heterocycles. The fourth-order valence-corrected chi connectivity index (χ4v) is 1.21. The van der Waals surface area contributed by atoms with Crippen LogP contribution in [0, 0.1) is 0 Å². The van der Waals surface area contributed by atoms with E-state index >= 15 is 0 Å². The van der Waals surface area contributed by atoms with Gasteiger partial charge in [0.25, 0.3) is 0 Å². The summed E-state index contributed by atoms with van der Waals surface area (Å²) in [6.45, 7) is 0. The van der Waals surface area contributed by atoms with Crippen molar-refractivity contribution in [3.05, 3.63) is 0 Å². The third-order valence-corrected chi connectivity index (χ3v) is 2.71. The number of Topliss-reactive ketones (excluding diaryl/α,β-unsaturated/α-hetero) is 1. The molecule has 0 atom stereocenters. The molecule has 0 aromatic heterocycles. The van der Waals surface area contributed by atoms with Crippen LogP contribution in [-0.2, 0) is 4.79 Å². The van der Waals surface area contributed by atoms with E-state index in [2.05, 4.69) is 11.6 Å².